The first-order valence-corrected chi connectivity index (χ1v) is 7.23. The van der Waals surface area contributed by atoms with Crippen molar-refractivity contribution >= 4 is 22.5 Å². The number of hydrogen-bond donors (Lipinski definition) is 3. The SMILES string of the molecule is NC1CCC(NC(=O)c2n[nH]c3ccc([N+](=O)[O-])cc23)CC1. The first kappa shape index (κ1) is 14.5. The summed E-state index contributed by atoms with van der Waals surface area (Å²) >= 11 is 0. The zero-order valence-electron chi connectivity index (χ0n) is 11.9. The molecule has 1 aliphatic rings. The Hall–Kier alpha value is -2.48. The molecule has 22 heavy (non-hydrogen) atoms. The number of rotatable bonds is 3. The van der Waals surface area contributed by atoms with Crippen molar-refractivity contribution in [1.82, 2.24) is 15.5 Å². The number of aromatic nitrogens is 2. The highest BCUT2D eigenvalue weighted by Crippen LogP contribution is 2.23. The van der Waals surface area contributed by atoms with Crippen molar-refractivity contribution in [3.05, 3.63) is 34.0 Å². The molecule has 0 aliphatic heterocycles. The number of carbonyl (C=O) groups is 1. The summed E-state index contributed by atoms with van der Waals surface area (Å²) in [6.07, 6.45) is 3.46. The van der Waals surface area contributed by atoms with E-state index < -0.39 is 4.92 Å². The van der Waals surface area contributed by atoms with Gasteiger partial charge in [-0.15, -0.1) is 0 Å². The number of hydrogen-bond acceptors (Lipinski definition) is 5. The maximum Gasteiger partial charge on any atom is 0.272 e. The van der Waals surface area contributed by atoms with E-state index in [0.29, 0.717) is 10.9 Å². The first-order chi connectivity index (χ1) is 10.5. The second kappa shape index (κ2) is 5.72. The summed E-state index contributed by atoms with van der Waals surface area (Å²) in [6.45, 7) is 0. The standard InChI is InChI=1S/C14H17N5O3/c15-8-1-3-9(4-2-8)16-14(20)13-11-7-10(19(21)22)5-6-12(11)17-18-13/h5-9H,1-4,15H2,(H,16,20)(H,17,18). The quantitative estimate of drug-likeness (QED) is 0.584. The minimum absolute atomic E-state index is 0.0633. The molecular formula is C14H17N5O3. The Balaban J connectivity index is 1.81. The molecule has 1 aliphatic carbocycles. The van der Waals surface area contributed by atoms with Gasteiger partial charge in [0, 0.05) is 29.6 Å². The number of nitrogens with one attached hydrogen (secondary N) is 2. The fraction of sp³-hybridized carbons (Fsp3) is 0.429. The lowest BCUT2D eigenvalue weighted by Crippen LogP contribution is -2.40. The van der Waals surface area contributed by atoms with Crippen LogP contribution in [0.2, 0.25) is 0 Å². The normalized spacial score (nSPS) is 21.7. The monoisotopic (exact) mass is 303 g/mol. The van der Waals surface area contributed by atoms with Gasteiger partial charge in [-0.1, -0.05) is 0 Å². The molecule has 1 aromatic heterocycles. The zero-order valence-corrected chi connectivity index (χ0v) is 11.9. The molecule has 0 spiro atoms. The zero-order chi connectivity index (χ0) is 15.7. The predicted molar refractivity (Wildman–Crippen MR) is 80.4 cm³/mol. The third kappa shape index (κ3) is 2.77. The summed E-state index contributed by atoms with van der Waals surface area (Å²) in [4.78, 5) is 22.7. The number of amides is 1. The van der Waals surface area contributed by atoms with Gasteiger partial charge in [-0.3, -0.25) is 20.0 Å². The van der Waals surface area contributed by atoms with Crippen LogP contribution in [0.5, 0.6) is 0 Å². The van der Waals surface area contributed by atoms with Crippen LogP contribution >= 0.6 is 0 Å². The number of fused-ring (bicyclic) bond motifs is 1. The van der Waals surface area contributed by atoms with E-state index in [1.165, 1.54) is 12.1 Å². The van der Waals surface area contributed by atoms with Gasteiger partial charge in [0.2, 0.25) is 0 Å². The summed E-state index contributed by atoms with van der Waals surface area (Å²) in [5.74, 6) is -0.313. The van der Waals surface area contributed by atoms with Crippen LogP contribution in [-0.2, 0) is 0 Å². The second-order valence-corrected chi connectivity index (χ2v) is 5.64. The smallest absolute Gasteiger partial charge is 0.272 e. The predicted octanol–water partition coefficient (Wildman–Crippen LogP) is 1.47. The Labute approximate surface area is 126 Å². The molecule has 116 valence electrons. The van der Waals surface area contributed by atoms with Gasteiger partial charge in [0.1, 0.15) is 0 Å². The summed E-state index contributed by atoms with van der Waals surface area (Å²) < 4.78 is 0. The fourth-order valence-electron chi connectivity index (χ4n) is 2.81. The highest BCUT2D eigenvalue weighted by atomic mass is 16.6. The average molecular weight is 303 g/mol. The Morgan fingerprint density at radius 3 is 2.77 bits per heavy atom. The summed E-state index contributed by atoms with van der Waals surface area (Å²) in [5, 5.41) is 21.0. The van der Waals surface area contributed by atoms with Crippen molar-refractivity contribution in [3.63, 3.8) is 0 Å². The van der Waals surface area contributed by atoms with E-state index in [1.54, 1.807) is 6.07 Å². The number of benzene rings is 1. The molecule has 2 aromatic rings. The van der Waals surface area contributed by atoms with Crippen LogP contribution in [0.4, 0.5) is 5.69 Å². The van der Waals surface area contributed by atoms with Gasteiger partial charge < -0.3 is 11.1 Å². The summed E-state index contributed by atoms with van der Waals surface area (Å²) in [7, 11) is 0. The Morgan fingerprint density at radius 1 is 1.36 bits per heavy atom. The molecule has 1 heterocycles. The number of nitro benzene ring substituents is 1. The molecule has 4 N–H and O–H groups in total. The number of H-pyrrole nitrogens is 1. The Bertz CT molecular complexity index is 718. The highest BCUT2D eigenvalue weighted by Gasteiger charge is 2.23. The van der Waals surface area contributed by atoms with Crippen molar-refractivity contribution in [2.75, 3.05) is 0 Å². The number of carbonyl (C=O) groups excluding carboxylic acids is 1. The molecule has 0 radical (unpaired) electrons. The fourth-order valence-corrected chi connectivity index (χ4v) is 2.81. The van der Waals surface area contributed by atoms with Crippen LogP contribution in [0.3, 0.4) is 0 Å². The van der Waals surface area contributed by atoms with Crippen LogP contribution < -0.4 is 11.1 Å². The molecule has 1 aromatic carbocycles. The molecule has 1 amide bonds. The van der Waals surface area contributed by atoms with Crippen LogP contribution in [0, 0.1) is 10.1 Å². The molecule has 8 nitrogen and oxygen atoms in total. The van der Waals surface area contributed by atoms with Gasteiger partial charge in [-0.25, -0.2) is 0 Å². The Morgan fingerprint density at radius 2 is 2.09 bits per heavy atom. The summed E-state index contributed by atoms with van der Waals surface area (Å²) in [5.41, 5.74) is 6.57. The van der Waals surface area contributed by atoms with Crippen LogP contribution in [-0.4, -0.2) is 33.1 Å². The minimum Gasteiger partial charge on any atom is -0.348 e. The maximum atomic E-state index is 12.4. The topological polar surface area (TPSA) is 127 Å². The molecule has 1 fully saturated rings. The van der Waals surface area contributed by atoms with Gasteiger partial charge in [-0.05, 0) is 31.7 Å². The van der Waals surface area contributed by atoms with E-state index >= 15 is 0 Å². The molecule has 1 saturated carbocycles. The third-order valence-electron chi connectivity index (χ3n) is 4.08. The Kier molecular flexibility index (Phi) is 3.76. The van der Waals surface area contributed by atoms with E-state index in [-0.39, 0.29) is 29.4 Å². The van der Waals surface area contributed by atoms with Crippen molar-refractivity contribution in [3.8, 4) is 0 Å². The number of non-ortho nitro benzene ring substituents is 1. The number of nitrogens with two attached hydrogens (primary N) is 1. The lowest BCUT2D eigenvalue weighted by atomic mass is 9.92. The van der Waals surface area contributed by atoms with E-state index in [0.717, 1.165) is 25.7 Å². The van der Waals surface area contributed by atoms with Gasteiger partial charge in [0.15, 0.2) is 5.69 Å². The van der Waals surface area contributed by atoms with Gasteiger partial charge >= 0.3 is 0 Å². The van der Waals surface area contributed by atoms with Crippen LogP contribution in [0.25, 0.3) is 10.9 Å². The van der Waals surface area contributed by atoms with Gasteiger partial charge in [0.05, 0.1) is 10.4 Å². The third-order valence-corrected chi connectivity index (χ3v) is 4.08. The van der Waals surface area contributed by atoms with Crippen LogP contribution in [0.1, 0.15) is 36.2 Å². The van der Waals surface area contributed by atoms with Crippen molar-refractivity contribution in [2.24, 2.45) is 5.73 Å². The number of nitro groups is 1. The number of nitrogens with zero attached hydrogens (tertiary/aromatic N) is 2. The second-order valence-electron chi connectivity index (χ2n) is 5.64. The van der Waals surface area contributed by atoms with Crippen molar-refractivity contribution in [2.45, 2.75) is 37.8 Å². The molecule has 0 saturated heterocycles. The van der Waals surface area contributed by atoms with Gasteiger partial charge in [-0.2, -0.15) is 5.10 Å². The molecule has 0 atom stereocenters. The maximum absolute atomic E-state index is 12.4. The minimum atomic E-state index is -0.489. The molecule has 3 rings (SSSR count). The average Bonchev–Trinajstić information content (AvgIpc) is 2.92. The van der Waals surface area contributed by atoms with E-state index in [1.807, 2.05) is 0 Å². The molecular weight excluding hydrogens is 286 g/mol. The lowest BCUT2D eigenvalue weighted by molar-refractivity contribution is -0.384. The van der Waals surface area contributed by atoms with E-state index in [4.69, 9.17) is 5.73 Å². The largest absolute Gasteiger partial charge is 0.348 e. The molecule has 8 heteroatoms. The molecule has 0 bridgehead atoms. The van der Waals surface area contributed by atoms with Crippen LogP contribution in [0.15, 0.2) is 18.2 Å². The highest BCUT2D eigenvalue weighted by molar-refractivity contribution is 6.05. The lowest BCUT2D eigenvalue weighted by Gasteiger charge is -2.26. The summed E-state index contributed by atoms with van der Waals surface area (Å²) in [6, 6.07) is 4.59. The van der Waals surface area contributed by atoms with Crippen molar-refractivity contribution in [1.29, 1.82) is 0 Å². The van der Waals surface area contributed by atoms with Gasteiger partial charge in [0.25, 0.3) is 11.6 Å². The van der Waals surface area contributed by atoms with E-state index in [9.17, 15) is 14.9 Å². The van der Waals surface area contributed by atoms with E-state index in [2.05, 4.69) is 15.5 Å². The first-order valence-electron chi connectivity index (χ1n) is 7.23. The van der Waals surface area contributed by atoms with Crippen molar-refractivity contribution < 1.29 is 9.72 Å². The molecule has 0 unspecified atom stereocenters. The number of aromatic amines is 1.